The summed E-state index contributed by atoms with van der Waals surface area (Å²) in [4.78, 5) is 41.8. The van der Waals surface area contributed by atoms with Gasteiger partial charge >= 0.3 is 0 Å². The Morgan fingerprint density at radius 1 is 1.17 bits per heavy atom. The highest BCUT2D eigenvalue weighted by Crippen LogP contribution is 2.40. The van der Waals surface area contributed by atoms with Crippen LogP contribution in [-0.2, 0) is 16.0 Å². The number of nitrogens with one attached hydrogen (secondary N) is 2. The predicted molar refractivity (Wildman–Crippen MR) is 131 cm³/mol. The number of carbonyl (C=O) groups excluding carboxylic acids is 3. The molecule has 5 rings (SSSR count). The van der Waals surface area contributed by atoms with Crippen LogP contribution in [0.1, 0.15) is 42.1 Å². The number of para-hydroxylation sites is 1. The first-order chi connectivity index (χ1) is 16.9. The van der Waals surface area contributed by atoms with E-state index in [4.69, 9.17) is 9.47 Å². The van der Waals surface area contributed by atoms with Crippen LogP contribution in [0.15, 0.2) is 48.7 Å². The number of Topliss-reactive ketones (excluding diaryl/α,β-unsaturated/α-hetero) is 1. The first kappa shape index (κ1) is 23.0. The van der Waals surface area contributed by atoms with Gasteiger partial charge in [-0.25, -0.2) is 0 Å². The average Bonchev–Trinajstić information content (AvgIpc) is 3.26. The first-order valence-corrected chi connectivity index (χ1v) is 12.0. The van der Waals surface area contributed by atoms with Crippen LogP contribution in [0.4, 0.5) is 0 Å². The van der Waals surface area contributed by atoms with Crippen LogP contribution in [0, 0.1) is 0 Å². The molecule has 1 saturated heterocycles. The molecular formula is C27H29N3O5. The SMILES string of the molecule is CC(=O)N1CCC2(CC1)CC(=O)c1ccc(OCC(=O)NCCc3c[nH]c4ccccc34)cc1O2. The van der Waals surface area contributed by atoms with Crippen molar-refractivity contribution in [3.05, 3.63) is 59.8 Å². The van der Waals surface area contributed by atoms with Crippen LogP contribution in [0.5, 0.6) is 11.5 Å². The lowest BCUT2D eigenvalue weighted by Crippen LogP contribution is -2.51. The van der Waals surface area contributed by atoms with E-state index >= 15 is 0 Å². The van der Waals surface area contributed by atoms with Crippen molar-refractivity contribution in [3.63, 3.8) is 0 Å². The summed E-state index contributed by atoms with van der Waals surface area (Å²) in [5.74, 6) is 0.811. The highest BCUT2D eigenvalue weighted by atomic mass is 16.5. The second-order valence-corrected chi connectivity index (χ2v) is 9.30. The molecule has 0 aliphatic carbocycles. The molecular weight excluding hydrogens is 446 g/mol. The fourth-order valence-corrected chi connectivity index (χ4v) is 4.95. The Bertz CT molecular complexity index is 1270. The summed E-state index contributed by atoms with van der Waals surface area (Å²) in [6.45, 7) is 3.09. The van der Waals surface area contributed by atoms with Gasteiger partial charge in [0.15, 0.2) is 12.4 Å². The van der Waals surface area contributed by atoms with E-state index in [0.717, 1.165) is 16.5 Å². The summed E-state index contributed by atoms with van der Waals surface area (Å²) in [5.41, 5.74) is 2.17. The Kier molecular flexibility index (Phi) is 6.19. The number of hydrogen-bond donors (Lipinski definition) is 2. The molecule has 2 N–H and O–H groups in total. The number of piperidine rings is 1. The summed E-state index contributed by atoms with van der Waals surface area (Å²) >= 11 is 0. The maximum atomic E-state index is 12.8. The maximum absolute atomic E-state index is 12.8. The van der Waals surface area contributed by atoms with E-state index in [-0.39, 0.29) is 24.2 Å². The number of H-pyrrole nitrogens is 1. The van der Waals surface area contributed by atoms with Crippen molar-refractivity contribution in [2.24, 2.45) is 0 Å². The topological polar surface area (TPSA) is 101 Å². The second kappa shape index (κ2) is 9.44. The summed E-state index contributed by atoms with van der Waals surface area (Å²) in [6, 6.07) is 13.1. The number of fused-ring (bicyclic) bond motifs is 2. The van der Waals surface area contributed by atoms with Crippen LogP contribution in [0.3, 0.4) is 0 Å². The third kappa shape index (κ3) is 4.87. The van der Waals surface area contributed by atoms with Crippen LogP contribution < -0.4 is 14.8 Å². The van der Waals surface area contributed by atoms with Crippen molar-refractivity contribution in [1.29, 1.82) is 0 Å². The maximum Gasteiger partial charge on any atom is 0.257 e. The summed E-state index contributed by atoms with van der Waals surface area (Å²) in [6.07, 6.45) is 4.22. The molecule has 2 aromatic carbocycles. The highest BCUT2D eigenvalue weighted by molar-refractivity contribution is 6.00. The van der Waals surface area contributed by atoms with Crippen LogP contribution in [-0.4, -0.2) is 59.3 Å². The third-order valence-corrected chi connectivity index (χ3v) is 6.94. The third-order valence-electron chi connectivity index (χ3n) is 6.94. The van der Waals surface area contributed by atoms with Gasteiger partial charge in [-0.3, -0.25) is 14.4 Å². The molecule has 0 bridgehead atoms. The molecule has 1 fully saturated rings. The second-order valence-electron chi connectivity index (χ2n) is 9.30. The zero-order chi connectivity index (χ0) is 24.4. The van der Waals surface area contributed by atoms with Crippen LogP contribution in [0.2, 0.25) is 0 Å². The smallest absolute Gasteiger partial charge is 0.257 e. The van der Waals surface area contributed by atoms with Crippen molar-refractivity contribution in [3.8, 4) is 11.5 Å². The normalized spacial score (nSPS) is 16.6. The molecule has 2 aliphatic heterocycles. The van der Waals surface area contributed by atoms with Crippen molar-refractivity contribution >= 4 is 28.5 Å². The van der Waals surface area contributed by atoms with E-state index < -0.39 is 5.60 Å². The molecule has 2 amide bonds. The lowest BCUT2D eigenvalue weighted by atomic mass is 9.82. The highest BCUT2D eigenvalue weighted by Gasteiger charge is 2.43. The Balaban J connectivity index is 1.15. The van der Waals surface area contributed by atoms with Crippen molar-refractivity contribution < 1.29 is 23.9 Å². The predicted octanol–water partition coefficient (Wildman–Crippen LogP) is 3.25. The number of hydrogen-bond acceptors (Lipinski definition) is 5. The number of ketones is 1. The van der Waals surface area contributed by atoms with Gasteiger partial charge in [0.1, 0.15) is 17.1 Å². The molecule has 8 nitrogen and oxygen atoms in total. The minimum Gasteiger partial charge on any atom is -0.486 e. The molecule has 8 heteroatoms. The van der Waals surface area contributed by atoms with Gasteiger partial charge < -0.3 is 24.7 Å². The van der Waals surface area contributed by atoms with Gasteiger partial charge in [-0.05, 0) is 30.2 Å². The Hall–Kier alpha value is -3.81. The standard InChI is InChI=1S/C27H29N3O5/c1-18(31)30-12-9-27(10-13-30)15-24(32)22-7-6-20(14-25(22)35-27)34-17-26(33)28-11-8-19-16-29-23-5-3-2-4-21(19)23/h2-7,14,16,29H,8-13,15,17H2,1H3,(H,28,33). The van der Waals surface area contributed by atoms with Crippen molar-refractivity contribution in [2.45, 2.75) is 38.2 Å². The minimum absolute atomic E-state index is 0.0316. The molecule has 0 saturated carbocycles. The zero-order valence-corrected chi connectivity index (χ0v) is 19.8. The Labute approximate surface area is 203 Å². The van der Waals surface area contributed by atoms with Gasteiger partial charge in [0, 0.05) is 62.6 Å². The van der Waals surface area contributed by atoms with E-state index in [1.165, 1.54) is 0 Å². The van der Waals surface area contributed by atoms with Gasteiger partial charge in [0.25, 0.3) is 5.91 Å². The minimum atomic E-state index is -0.589. The number of carbonyl (C=O) groups is 3. The molecule has 3 aromatic rings. The molecule has 3 heterocycles. The number of ether oxygens (including phenoxy) is 2. The van der Waals surface area contributed by atoms with Crippen molar-refractivity contribution in [2.75, 3.05) is 26.2 Å². The van der Waals surface area contributed by atoms with E-state index in [9.17, 15) is 14.4 Å². The Morgan fingerprint density at radius 2 is 1.97 bits per heavy atom. The molecule has 0 atom stereocenters. The first-order valence-electron chi connectivity index (χ1n) is 12.0. The van der Waals surface area contributed by atoms with Crippen LogP contribution >= 0.6 is 0 Å². The molecule has 2 aliphatic rings. The number of aromatic nitrogens is 1. The average molecular weight is 476 g/mol. The van der Waals surface area contributed by atoms with Crippen LogP contribution in [0.25, 0.3) is 10.9 Å². The van der Waals surface area contributed by atoms with Gasteiger partial charge in [0.05, 0.1) is 12.0 Å². The lowest BCUT2D eigenvalue weighted by molar-refractivity contribution is -0.132. The number of amides is 2. The van der Waals surface area contributed by atoms with Gasteiger partial charge in [-0.2, -0.15) is 0 Å². The van der Waals surface area contributed by atoms with E-state index in [2.05, 4.69) is 16.4 Å². The van der Waals surface area contributed by atoms with Crippen molar-refractivity contribution in [1.82, 2.24) is 15.2 Å². The van der Waals surface area contributed by atoms with E-state index in [1.807, 2.05) is 24.4 Å². The number of nitrogens with zero attached hydrogens (tertiary/aromatic N) is 1. The number of aromatic amines is 1. The summed E-state index contributed by atoms with van der Waals surface area (Å²) in [5, 5.41) is 4.05. The number of benzene rings is 2. The molecule has 0 radical (unpaired) electrons. The van der Waals surface area contributed by atoms with E-state index in [0.29, 0.717) is 62.4 Å². The molecule has 182 valence electrons. The molecule has 1 aromatic heterocycles. The number of likely N-dealkylation sites (tertiary alicyclic amines) is 1. The fourth-order valence-electron chi connectivity index (χ4n) is 4.95. The lowest BCUT2D eigenvalue weighted by Gasteiger charge is -2.43. The fraction of sp³-hybridized carbons (Fsp3) is 0.370. The molecule has 35 heavy (non-hydrogen) atoms. The molecule has 0 unspecified atom stereocenters. The number of rotatable bonds is 6. The van der Waals surface area contributed by atoms with Gasteiger partial charge in [0.2, 0.25) is 5.91 Å². The zero-order valence-electron chi connectivity index (χ0n) is 19.8. The summed E-state index contributed by atoms with van der Waals surface area (Å²) in [7, 11) is 0. The Morgan fingerprint density at radius 3 is 2.77 bits per heavy atom. The van der Waals surface area contributed by atoms with Gasteiger partial charge in [-0.1, -0.05) is 18.2 Å². The van der Waals surface area contributed by atoms with Gasteiger partial charge in [-0.15, -0.1) is 0 Å². The van der Waals surface area contributed by atoms with E-state index in [1.54, 1.807) is 30.0 Å². The molecule has 1 spiro atoms. The monoisotopic (exact) mass is 475 g/mol. The largest absolute Gasteiger partial charge is 0.486 e. The quantitative estimate of drug-likeness (QED) is 0.570. The summed E-state index contributed by atoms with van der Waals surface area (Å²) < 4.78 is 12.0.